The molecule has 132 valence electrons. The van der Waals surface area contributed by atoms with Crippen LogP contribution in [0.4, 0.5) is 0 Å². The first kappa shape index (κ1) is 17.3. The number of hydrogen-bond acceptors (Lipinski definition) is 7. The lowest BCUT2D eigenvalue weighted by Gasteiger charge is -2.27. The van der Waals surface area contributed by atoms with Crippen molar-refractivity contribution in [2.45, 2.75) is 68.8 Å². The summed E-state index contributed by atoms with van der Waals surface area (Å²) in [6.07, 6.45) is 5.88. The summed E-state index contributed by atoms with van der Waals surface area (Å²) in [5.41, 5.74) is 3.30. The standard InChI is InChI=1S/C16H26N6OS/c1-11-5-6-12(7-17-11)20-22-19-9-15(21-22)24-10-14-18-8-13(23-14)16(2,3)4/h8-9,11-12,17,20H,5-7,10H2,1-4H3/t11-,12+/m0/s1. The van der Waals surface area contributed by atoms with Gasteiger partial charge < -0.3 is 9.73 Å². The highest BCUT2D eigenvalue weighted by Gasteiger charge is 2.20. The fourth-order valence-corrected chi connectivity index (χ4v) is 3.17. The van der Waals surface area contributed by atoms with E-state index in [1.807, 2.05) is 6.20 Å². The van der Waals surface area contributed by atoms with Gasteiger partial charge in [0, 0.05) is 18.0 Å². The normalized spacial score (nSPS) is 21.8. The molecule has 3 heterocycles. The Kier molecular flexibility index (Phi) is 5.15. The number of aromatic nitrogens is 4. The number of hydrogen-bond donors (Lipinski definition) is 2. The van der Waals surface area contributed by atoms with Gasteiger partial charge in [-0.25, -0.2) is 4.98 Å². The molecule has 2 aromatic heterocycles. The van der Waals surface area contributed by atoms with Gasteiger partial charge in [0.2, 0.25) is 5.89 Å². The van der Waals surface area contributed by atoms with E-state index in [1.165, 1.54) is 6.42 Å². The summed E-state index contributed by atoms with van der Waals surface area (Å²) in [5.74, 6) is 2.28. The number of thioether (sulfide) groups is 1. The average molecular weight is 350 g/mol. The molecule has 1 fully saturated rings. The number of rotatable bonds is 5. The molecule has 0 bridgehead atoms. The van der Waals surface area contributed by atoms with Crippen molar-refractivity contribution in [3.63, 3.8) is 0 Å². The van der Waals surface area contributed by atoms with E-state index >= 15 is 0 Å². The number of nitrogens with zero attached hydrogens (tertiary/aromatic N) is 4. The Morgan fingerprint density at radius 1 is 1.38 bits per heavy atom. The van der Waals surface area contributed by atoms with E-state index in [0.29, 0.717) is 17.8 Å². The van der Waals surface area contributed by atoms with Crippen LogP contribution in [0.5, 0.6) is 0 Å². The van der Waals surface area contributed by atoms with Gasteiger partial charge in [-0.05, 0) is 19.8 Å². The number of nitrogens with one attached hydrogen (secondary N) is 2. The Morgan fingerprint density at radius 3 is 2.88 bits per heavy atom. The Labute approximate surface area is 146 Å². The maximum atomic E-state index is 5.80. The predicted octanol–water partition coefficient (Wildman–Crippen LogP) is 2.54. The van der Waals surface area contributed by atoms with E-state index in [2.05, 4.69) is 53.6 Å². The minimum absolute atomic E-state index is 0.0193. The van der Waals surface area contributed by atoms with Crippen molar-refractivity contribution in [2.75, 3.05) is 12.0 Å². The molecule has 24 heavy (non-hydrogen) atoms. The molecule has 0 amide bonds. The Balaban J connectivity index is 1.50. The molecule has 7 nitrogen and oxygen atoms in total. The quantitative estimate of drug-likeness (QED) is 0.802. The smallest absolute Gasteiger partial charge is 0.204 e. The Hall–Kier alpha value is -1.54. The molecule has 1 saturated heterocycles. The topological polar surface area (TPSA) is 80.8 Å². The molecule has 1 aliphatic heterocycles. The maximum Gasteiger partial charge on any atom is 0.204 e. The summed E-state index contributed by atoms with van der Waals surface area (Å²) >= 11 is 1.57. The highest BCUT2D eigenvalue weighted by atomic mass is 32.2. The average Bonchev–Trinajstić information content (AvgIpc) is 3.16. The van der Waals surface area contributed by atoms with Crippen LogP contribution in [0, 0.1) is 0 Å². The second-order valence-electron chi connectivity index (χ2n) is 7.34. The summed E-state index contributed by atoms with van der Waals surface area (Å²) in [6, 6.07) is 0.964. The number of oxazole rings is 1. The predicted molar refractivity (Wildman–Crippen MR) is 94.6 cm³/mol. The summed E-state index contributed by atoms with van der Waals surface area (Å²) in [4.78, 5) is 5.91. The SMILES string of the molecule is C[C@H]1CC[C@@H](Nn2ncc(SCc3ncc(C(C)(C)C)o3)n2)CN1. The molecular weight excluding hydrogens is 324 g/mol. The Bertz CT molecular complexity index is 654. The fraction of sp³-hybridized carbons (Fsp3) is 0.688. The number of piperidine rings is 1. The highest BCUT2D eigenvalue weighted by molar-refractivity contribution is 7.98. The molecule has 0 unspecified atom stereocenters. The van der Waals surface area contributed by atoms with E-state index in [1.54, 1.807) is 22.9 Å². The third kappa shape index (κ3) is 4.51. The van der Waals surface area contributed by atoms with Crippen molar-refractivity contribution < 1.29 is 4.42 Å². The molecule has 8 heteroatoms. The zero-order valence-electron chi connectivity index (χ0n) is 14.7. The third-order valence-electron chi connectivity index (χ3n) is 4.07. The van der Waals surface area contributed by atoms with Crippen LogP contribution in [0.15, 0.2) is 21.8 Å². The van der Waals surface area contributed by atoms with Crippen molar-refractivity contribution in [1.29, 1.82) is 0 Å². The Morgan fingerprint density at radius 2 is 2.21 bits per heavy atom. The van der Waals surface area contributed by atoms with E-state index in [9.17, 15) is 0 Å². The summed E-state index contributed by atoms with van der Waals surface area (Å²) < 4.78 is 5.80. The molecule has 0 saturated carbocycles. The monoisotopic (exact) mass is 350 g/mol. The van der Waals surface area contributed by atoms with Crippen molar-refractivity contribution in [1.82, 2.24) is 25.4 Å². The first-order valence-electron chi connectivity index (χ1n) is 8.40. The molecule has 1 aliphatic rings. The second-order valence-corrected chi connectivity index (χ2v) is 8.34. The van der Waals surface area contributed by atoms with E-state index in [4.69, 9.17) is 4.42 Å². The minimum Gasteiger partial charge on any atom is -0.444 e. The largest absolute Gasteiger partial charge is 0.444 e. The lowest BCUT2D eigenvalue weighted by atomic mass is 9.94. The zero-order valence-corrected chi connectivity index (χ0v) is 15.6. The van der Waals surface area contributed by atoms with Gasteiger partial charge in [-0.2, -0.15) is 0 Å². The maximum absolute atomic E-state index is 5.80. The van der Waals surface area contributed by atoms with Crippen LogP contribution in [-0.2, 0) is 11.2 Å². The molecule has 2 aromatic rings. The van der Waals surface area contributed by atoms with Crippen LogP contribution in [0.25, 0.3) is 0 Å². The molecule has 2 N–H and O–H groups in total. The van der Waals surface area contributed by atoms with Crippen LogP contribution >= 0.6 is 11.8 Å². The van der Waals surface area contributed by atoms with Crippen molar-refractivity contribution >= 4 is 11.8 Å². The van der Waals surface area contributed by atoms with E-state index < -0.39 is 0 Å². The first-order valence-corrected chi connectivity index (χ1v) is 9.39. The molecular formula is C16H26N6OS. The van der Waals surface area contributed by atoms with E-state index in [-0.39, 0.29) is 5.41 Å². The zero-order chi connectivity index (χ0) is 17.2. The minimum atomic E-state index is -0.0193. The summed E-state index contributed by atoms with van der Waals surface area (Å²) in [7, 11) is 0. The highest BCUT2D eigenvalue weighted by Crippen LogP contribution is 2.25. The van der Waals surface area contributed by atoms with Crippen molar-refractivity contribution in [3.8, 4) is 0 Å². The molecule has 0 spiro atoms. The van der Waals surface area contributed by atoms with Gasteiger partial charge in [0.15, 0.2) is 0 Å². The van der Waals surface area contributed by atoms with Gasteiger partial charge in [0.25, 0.3) is 0 Å². The summed E-state index contributed by atoms with van der Waals surface area (Å²) in [6.45, 7) is 9.50. The molecule has 2 atom stereocenters. The fourth-order valence-electron chi connectivity index (χ4n) is 2.51. The first-order chi connectivity index (χ1) is 11.4. The van der Waals surface area contributed by atoms with Gasteiger partial charge in [-0.1, -0.05) is 37.4 Å². The summed E-state index contributed by atoms with van der Waals surface area (Å²) in [5, 5.41) is 13.1. The molecule has 0 aliphatic carbocycles. The van der Waals surface area contributed by atoms with Gasteiger partial charge >= 0.3 is 0 Å². The van der Waals surface area contributed by atoms with Crippen LogP contribution in [0.2, 0.25) is 0 Å². The lowest BCUT2D eigenvalue weighted by Crippen LogP contribution is -2.46. The van der Waals surface area contributed by atoms with Gasteiger partial charge in [-0.15, -0.1) is 10.2 Å². The molecule has 3 rings (SSSR count). The van der Waals surface area contributed by atoms with Gasteiger partial charge in [0.05, 0.1) is 24.2 Å². The van der Waals surface area contributed by atoms with Gasteiger partial charge in [-0.3, -0.25) is 5.43 Å². The van der Waals surface area contributed by atoms with Crippen LogP contribution in [0.1, 0.15) is 52.2 Å². The van der Waals surface area contributed by atoms with Crippen LogP contribution < -0.4 is 10.7 Å². The van der Waals surface area contributed by atoms with E-state index in [0.717, 1.165) is 29.6 Å². The van der Waals surface area contributed by atoms with Crippen LogP contribution in [0.3, 0.4) is 0 Å². The van der Waals surface area contributed by atoms with Gasteiger partial charge in [0.1, 0.15) is 10.8 Å². The lowest BCUT2D eigenvalue weighted by molar-refractivity contribution is 0.372. The van der Waals surface area contributed by atoms with Crippen molar-refractivity contribution in [2.24, 2.45) is 0 Å². The van der Waals surface area contributed by atoms with Crippen LogP contribution in [-0.4, -0.2) is 38.7 Å². The van der Waals surface area contributed by atoms with Crippen molar-refractivity contribution in [3.05, 3.63) is 24.0 Å². The molecule has 0 radical (unpaired) electrons. The molecule has 0 aromatic carbocycles. The second kappa shape index (κ2) is 7.14. The third-order valence-corrected chi connectivity index (χ3v) is 4.94.